The summed E-state index contributed by atoms with van der Waals surface area (Å²) in [5.41, 5.74) is 3.61. The highest BCUT2D eigenvalue weighted by Crippen LogP contribution is 2.37. The molecule has 0 bridgehead atoms. The van der Waals surface area contributed by atoms with Crippen LogP contribution in [0.5, 0.6) is 0 Å². The Morgan fingerprint density at radius 2 is 1.70 bits per heavy atom. The summed E-state index contributed by atoms with van der Waals surface area (Å²) in [6.07, 6.45) is 1.78. The molecule has 2 aliphatic heterocycles. The molecule has 1 spiro atoms. The van der Waals surface area contributed by atoms with Crippen LogP contribution in [0, 0.1) is 5.41 Å². The zero-order valence-electron chi connectivity index (χ0n) is 15.4. The molecule has 0 aromatic heterocycles. The van der Waals surface area contributed by atoms with Crippen molar-refractivity contribution in [3.8, 4) is 0 Å². The molecule has 2 aliphatic rings. The van der Waals surface area contributed by atoms with Gasteiger partial charge in [0, 0.05) is 19.6 Å². The third-order valence-corrected chi connectivity index (χ3v) is 6.22. The smallest absolute Gasteiger partial charge is 0.228 e. The first-order valence-electron chi connectivity index (χ1n) is 9.77. The van der Waals surface area contributed by atoms with Gasteiger partial charge in [-0.1, -0.05) is 60.7 Å². The first-order valence-corrected chi connectivity index (χ1v) is 9.77. The van der Waals surface area contributed by atoms with E-state index in [1.807, 2.05) is 0 Å². The highest BCUT2D eigenvalue weighted by Gasteiger charge is 2.45. The summed E-state index contributed by atoms with van der Waals surface area (Å²) in [4.78, 5) is 15.4. The topological polar surface area (TPSA) is 32.3 Å². The molecule has 3 nitrogen and oxygen atoms in total. The molecule has 0 saturated carbocycles. The largest absolute Gasteiger partial charge is 0.351 e. The maximum atomic E-state index is 12.9. The third kappa shape index (κ3) is 3.02. The Morgan fingerprint density at radius 1 is 0.926 bits per heavy atom. The fraction of sp³-hybridized carbons (Fsp3) is 0.292. The molecule has 27 heavy (non-hydrogen) atoms. The van der Waals surface area contributed by atoms with E-state index in [4.69, 9.17) is 0 Å². The number of nitrogens with one attached hydrogen (secondary N) is 1. The first kappa shape index (κ1) is 16.5. The Balaban J connectivity index is 1.37. The van der Waals surface area contributed by atoms with Gasteiger partial charge in [-0.05, 0) is 52.9 Å². The van der Waals surface area contributed by atoms with Crippen molar-refractivity contribution >= 4 is 16.7 Å². The van der Waals surface area contributed by atoms with Gasteiger partial charge in [-0.2, -0.15) is 0 Å². The van der Waals surface area contributed by atoms with Gasteiger partial charge in [0.05, 0.1) is 5.41 Å². The summed E-state index contributed by atoms with van der Waals surface area (Å²) in [5, 5.41) is 5.74. The van der Waals surface area contributed by atoms with Crippen LogP contribution in [0.2, 0.25) is 0 Å². The molecule has 1 saturated heterocycles. The van der Waals surface area contributed by atoms with Crippen LogP contribution in [0.1, 0.15) is 23.1 Å². The van der Waals surface area contributed by atoms with Crippen LogP contribution in [0.4, 0.5) is 0 Å². The maximum Gasteiger partial charge on any atom is 0.228 e. The summed E-state index contributed by atoms with van der Waals surface area (Å²) in [5.74, 6) is 0.222. The van der Waals surface area contributed by atoms with Crippen molar-refractivity contribution < 1.29 is 4.79 Å². The van der Waals surface area contributed by atoms with E-state index in [1.54, 1.807) is 0 Å². The third-order valence-electron chi connectivity index (χ3n) is 6.22. The van der Waals surface area contributed by atoms with E-state index in [-0.39, 0.29) is 11.3 Å². The molecule has 1 amide bonds. The van der Waals surface area contributed by atoms with Gasteiger partial charge < -0.3 is 5.32 Å². The van der Waals surface area contributed by atoms with Crippen LogP contribution in [0.3, 0.4) is 0 Å². The molecule has 3 aromatic rings. The lowest BCUT2D eigenvalue weighted by atomic mass is 9.80. The molecule has 0 aliphatic carbocycles. The van der Waals surface area contributed by atoms with Gasteiger partial charge in [-0.15, -0.1) is 0 Å². The molecular formula is C24H24N2O. The quantitative estimate of drug-likeness (QED) is 0.755. The SMILES string of the molecule is O=C1NCc2ccccc2CC12CCN(Cc1ccc3ccccc3c1)C2. The number of likely N-dealkylation sites (tertiary alicyclic amines) is 1. The highest BCUT2D eigenvalue weighted by atomic mass is 16.2. The van der Waals surface area contributed by atoms with Crippen molar-refractivity contribution in [3.63, 3.8) is 0 Å². The van der Waals surface area contributed by atoms with Crippen molar-refractivity contribution in [1.29, 1.82) is 0 Å². The predicted molar refractivity (Wildman–Crippen MR) is 108 cm³/mol. The van der Waals surface area contributed by atoms with E-state index >= 15 is 0 Å². The maximum absolute atomic E-state index is 12.9. The van der Waals surface area contributed by atoms with Crippen LogP contribution in [-0.2, 0) is 24.3 Å². The van der Waals surface area contributed by atoms with Crippen LogP contribution in [-0.4, -0.2) is 23.9 Å². The lowest BCUT2D eigenvalue weighted by Crippen LogP contribution is -2.42. The molecule has 136 valence electrons. The average Bonchev–Trinajstić information content (AvgIpc) is 3.04. The van der Waals surface area contributed by atoms with Gasteiger partial charge in [-0.25, -0.2) is 0 Å². The van der Waals surface area contributed by atoms with Crippen LogP contribution in [0.15, 0.2) is 66.7 Å². The summed E-state index contributed by atoms with van der Waals surface area (Å²) < 4.78 is 0. The van der Waals surface area contributed by atoms with Crippen LogP contribution in [0.25, 0.3) is 10.8 Å². The average molecular weight is 356 g/mol. The van der Waals surface area contributed by atoms with Crippen molar-refractivity contribution in [2.24, 2.45) is 5.41 Å². The number of rotatable bonds is 2. The van der Waals surface area contributed by atoms with Crippen molar-refractivity contribution in [3.05, 3.63) is 83.4 Å². The molecule has 1 N–H and O–H groups in total. The molecule has 3 aromatic carbocycles. The van der Waals surface area contributed by atoms with E-state index < -0.39 is 0 Å². The first-order chi connectivity index (χ1) is 13.2. The van der Waals surface area contributed by atoms with E-state index in [9.17, 15) is 4.79 Å². The van der Waals surface area contributed by atoms with E-state index in [0.717, 1.165) is 32.5 Å². The molecule has 3 heteroatoms. The monoisotopic (exact) mass is 356 g/mol. The van der Waals surface area contributed by atoms with Crippen molar-refractivity contribution in [2.75, 3.05) is 13.1 Å². The van der Waals surface area contributed by atoms with Gasteiger partial charge >= 0.3 is 0 Å². The van der Waals surface area contributed by atoms with Gasteiger partial charge in [0.1, 0.15) is 0 Å². The van der Waals surface area contributed by atoms with Gasteiger partial charge in [0.2, 0.25) is 5.91 Å². The van der Waals surface area contributed by atoms with Crippen molar-refractivity contribution in [1.82, 2.24) is 10.2 Å². The van der Waals surface area contributed by atoms with Gasteiger partial charge in [0.15, 0.2) is 0 Å². The molecular weight excluding hydrogens is 332 g/mol. The minimum Gasteiger partial charge on any atom is -0.351 e. The fourth-order valence-electron chi connectivity index (χ4n) is 4.73. The zero-order valence-corrected chi connectivity index (χ0v) is 15.4. The molecule has 1 unspecified atom stereocenters. The Hall–Kier alpha value is -2.65. The summed E-state index contributed by atoms with van der Waals surface area (Å²) in [6.45, 7) is 3.37. The minimum absolute atomic E-state index is 0.222. The van der Waals surface area contributed by atoms with Crippen LogP contribution < -0.4 is 5.32 Å². The molecule has 0 radical (unpaired) electrons. The second-order valence-corrected chi connectivity index (χ2v) is 8.05. The predicted octanol–water partition coefficient (Wildman–Crippen LogP) is 3.90. The molecule has 1 atom stereocenters. The normalized spacial score (nSPS) is 22.6. The van der Waals surface area contributed by atoms with Gasteiger partial charge in [0.25, 0.3) is 0 Å². The van der Waals surface area contributed by atoms with Gasteiger partial charge in [-0.3, -0.25) is 9.69 Å². The summed E-state index contributed by atoms with van der Waals surface area (Å²) >= 11 is 0. The number of fused-ring (bicyclic) bond motifs is 2. The standard InChI is InChI=1S/C24H24N2O/c27-23-24(14-21-7-3-4-8-22(21)15-25-23)11-12-26(17-24)16-18-9-10-19-5-1-2-6-20(19)13-18/h1-10,13H,11-12,14-17H2,(H,25,27). The summed E-state index contributed by atoms with van der Waals surface area (Å²) in [6, 6.07) is 23.6. The number of amides is 1. The number of carbonyl (C=O) groups excluding carboxylic acids is 1. The minimum atomic E-state index is -0.288. The lowest BCUT2D eigenvalue weighted by Gasteiger charge is -2.26. The number of nitrogens with zero attached hydrogens (tertiary/aromatic N) is 1. The molecule has 5 rings (SSSR count). The Labute approximate surface area is 160 Å². The number of carbonyl (C=O) groups is 1. The zero-order chi connectivity index (χ0) is 18.3. The number of hydrogen-bond donors (Lipinski definition) is 1. The highest BCUT2D eigenvalue weighted by molar-refractivity contribution is 5.84. The molecule has 2 heterocycles. The number of hydrogen-bond acceptors (Lipinski definition) is 2. The number of benzene rings is 3. The van der Waals surface area contributed by atoms with Crippen LogP contribution >= 0.6 is 0 Å². The summed E-state index contributed by atoms with van der Waals surface area (Å²) in [7, 11) is 0. The van der Waals surface area contributed by atoms with E-state index in [1.165, 1.54) is 27.5 Å². The Kier molecular flexibility index (Phi) is 3.98. The molecule has 1 fully saturated rings. The Bertz CT molecular complexity index is 1010. The van der Waals surface area contributed by atoms with E-state index in [0.29, 0.717) is 6.54 Å². The fourth-order valence-corrected chi connectivity index (χ4v) is 4.73. The van der Waals surface area contributed by atoms with Crippen molar-refractivity contribution in [2.45, 2.75) is 25.9 Å². The second-order valence-electron chi connectivity index (χ2n) is 8.05. The Morgan fingerprint density at radius 3 is 2.59 bits per heavy atom. The second kappa shape index (κ2) is 6.50. The van der Waals surface area contributed by atoms with E-state index in [2.05, 4.69) is 76.9 Å². The lowest BCUT2D eigenvalue weighted by molar-refractivity contribution is -0.130.